The molecule has 3 rings (SSSR count). The molecule has 0 spiro atoms. The molecule has 1 aliphatic rings. The van der Waals surface area contributed by atoms with Crippen LogP contribution in [0.4, 0.5) is 0 Å². The number of benzene rings is 2. The van der Waals surface area contributed by atoms with E-state index in [0.29, 0.717) is 6.42 Å². The van der Waals surface area contributed by atoms with Crippen molar-refractivity contribution in [1.82, 2.24) is 5.01 Å². The summed E-state index contributed by atoms with van der Waals surface area (Å²) >= 11 is 0. The number of methoxy groups -OCH3 is 1. The van der Waals surface area contributed by atoms with Crippen molar-refractivity contribution in [1.29, 1.82) is 0 Å². The van der Waals surface area contributed by atoms with Crippen LogP contribution in [0.2, 0.25) is 0 Å². The predicted molar refractivity (Wildman–Crippen MR) is 109 cm³/mol. The highest BCUT2D eigenvalue weighted by Crippen LogP contribution is 2.26. The molecule has 0 saturated heterocycles. The molecular weight excluding hydrogens is 336 g/mol. The number of hydrazone groups is 1. The number of amides is 1. The van der Waals surface area contributed by atoms with E-state index in [9.17, 15) is 4.79 Å². The molecular formula is C23H28N2O2. The summed E-state index contributed by atoms with van der Waals surface area (Å²) in [5.41, 5.74) is 3.29. The normalized spacial score (nSPS) is 16.3. The Morgan fingerprint density at radius 2 is 2.00 bits per heavy atom. The van der Waals surface area contributed by atoms with Gasteiger partial charge in [0.05, 0.1) is 18.9 Å². The van der Waals surface area contributed by atoms with Gasteiger partial charge < -0.3 is 4.74 Å². The summed E-state index contributed by atoms with van der Waals surface area (Å²) < 4.78 is 5.32. The highest BCUT2D eigenvalue weighted by atomic mass is 16.5. The van der Waals surface area contributed by atoms with Crippen LogP contribution in [0.5, 0.6) is 5.75 Å². The molecule has 0 fully saturated rings. The van der Waals surface area contributed by atoms with Crippen LogP contribution >= 0.6 is 0 Å². The van der Waals surface area contributed by atoms with E-state index >= 15 is 0 Å². The number of carbonyl (C=O) groups excluding carboxylic acids is 1. The van der Waals surface area contributed by atoms with Gasteiger partial charge in [-0.3, -0.25) is 4.79 Å². The Morgan fingerprint density at radius 3 is 2.74 bits per heavy atom. The highest BCUT2D eigenvalue weighted by molar-refractivity contribution is 6.03. The van der Waals surface area contributed by atoms with E-state index in [-0.39, 0.29) is 11.9 Å². The number of nitrogens with zero attached hydrogens (tertiary/aromatic N) is 2. The number of hydrogen-bond acceptors (Lipinski definition) is 3. The van der Waals surface area contributed by atoms with Crippen molar-refractivity contribution >= 4 is 11.6 Å². The van der Waals surface area contributed by atoms with Crippen LogP contribution in [0.3, 0.4) is 0 Å². The molecule has 1 heterocycles. The first-order valence-electron chi connectivity index (χ1n) is 9.79. The standard InChI is InChI=1S/C23H28N2O2/c1-3-9-20-17-22(19-13-8-14-21(16-19)27-2)24-25(20)23(26)15-7-12-18-10-5-4-6-11-18/h4-6,8,10-11,13-14,16,20H,3,7,9,12,15,17H2,1-2H3. The minimum Gasteiger partial charge on any atom is -0.497 e. The van der Waals surface area contributed by atoms with Crippen molar-refractivity contribution in [3.8, 4) is 5.75 Å². The Labute approximate surface area is 161 Å². The molecule has 1 unspecified atom stereocenters. The molecule has 4 heteroatoms. The van der Waals surface area contributed by atoms with Gasteiger partial charge in [0.1, 0.15) is 5.75 Å². The molecule has 1 aliphatic heterocycles. The van der Waals surface area contributed by atoms with Crippen LogP contribution < -0.4 is 4.74 Å². The fourth-order valence-electron chi connectivity index (χ4n) is 3.56. The van der Waals surface area contributed by atoms with E-state index in [4.69, 9.17) is 9.84 Å². The van der Waals surface area contributed by atoms with Gasteiger partial charge >= 0.3 is 0 Å². The van der Waals surface area contributed by atoms with E-state index in [2.05, 4.69) is 19.1 Å². The van der Waals surface area contributed by atoms with E-state index in [1.807, 2.05) is 42.5 Å². The smallest absolute Gasteiger partial charge is 0.242 e. The molecule has 0 bridgehead atoms. The minimum absolute atomic E-state index is 0.127. The number of carbonyl (C=O) groups is 1. The molecule has 4 nitrogen and oxygen atoms in total. The third-order valence-corrected chi connectivity index (χ3v) is 4.98. The first-order chi connectivity index (χ1) is 13.2. The van der Waals surface area contributed by atoms with Gasteiger partial charge in [-0.1, -0.05) is 55.8 Å². The average Bonchev–Trinajstić information content (AvgIpc) is 3.13. The largest absolute Gasteiger partial charge is 0.497 e. The van der Waals surface area contributed by atoms with Gasteiger partial charge in [-0.25, -0.2) is 5.01 Å². The lowest BCUT2D eigenvalue weighted by molar-refractivity contribution is -0.133. The minimum atomic E-state index is 0.127. The second-order valence-corrected chi connectivity index (χ2v) is 7.00. The summed E-state index contributed by atoms with van der Waals surface area (Å²) in [4.78, 5) is 12.8. The molecule has 0 N–H and O–H groups in total. The zero-order valence-electron chi connectivity index (χ0n) is 16.2. The summed E-state index contributed by atoms with van der Waals surface area (Å²) in [6.45, 7) is 2.15. The Bertz CT molecular complexity index is 786. The molecule has 1 atom stereocenters. The van der Waals surface area contributed by atoms with Gasteiger partial charge in [-0.15, -0.1) is 0 Å². The maximum Gasteiger partial charge on any atom is 0.242 e. The SMILES string of the molecule is CCCC1CC(c2cccc(OC)c2)=NN1C(=O)CCCc1ccccc1. The van der Waals surface area contributed by atoms with Crippen LogP contribution in [-0.2, 0) is 11.2 Å². The molecule has 0 aliphatic carbocycles. The van der Waals surface area contributed by atoms with Gasteiger partial charge in [-0.2, -0.15) is 5.10 Å². The fourth-order valence-corrected chi connectivity index (χ4v) is 3.56. The third-order valence-electron chi connectivity index (χ3n) is 4.98. The summed E-state index contributed by atoms with van der Waals surface area (Å²) in [5, 5.41) is 6.44. The average molecular weight is 364 g/mol. The maximum absolute atomic E-state index is 12.8. The lowest BCUT2D eigenvalue weighted by Gasteiger charge is -2.21. The molecule has 142 valence electrons. The Balaban J connectivity index is 1.66. The summed E-state index contributed by atoms with van der Waals surface area (Å²) in [7, 11) is 1.66. The second kappa shape index (κ2) is 9.36. The maximum atomic E-state index is 12.8. The van der Waals surface area contributed by atoms with E-state index in [1.54, 1.807) is 12.1 Å². The van der Waals surface area contributed by atoms with E-state index in [1.165, 1.54) is 5.56 Å². The molecule has 27 heavy (non-hydrogen) atoms. The molecule has 0 aromatic heterocycles. The number of ether oxygens (including phenoxy) is 1. The van der Waals surface area contributed by atoms with E-state index < -0.39 is 0 Å². The van der Waals surface area contributed by atoms with Crippen molar-refractivity contribution in [3.63, 3.8) is 0 Å². The summed E-state index contributed by atoms with van der Waals surface area (Å²) in [6.07, 6.45) is 5.13. The van der Waals surface area contributed by atoms with Crippen LogP contribution in [0.25, 0.3) is 0 Å². The Hall–Kier alpha value is -2.62. The second-order valence-electron chi connectivity index (χ2n) is 7.00. The zero-order valence-corrected chi connectivity index (χ0v) is 16.2. The quantitative estimate of drug-likeness (QED) is 0.674. The van der Waals surface area contributed by atoms with Gasteiger partial charge in [0.25, 0.3) is 0 Å². The van der Waals surface area contributed by atoms with Crippen molar-refractivity contribution in [2.24, 2.45) is 5.10 Å². The van der Waals surface area contributed by atoms with Gasteiger partial charge in [0, 0.05) is 18.4 Å². The first kappa shape index (κ1) is 19.2. The third kappa shape index (κ3) is 4.97. The van der Waals surface area contributed by atoms with Crippen LogP contribution in [-0.4, -0.2) is 29.8 Å². The van der Waals surface area contributed by atoms with Gasteiger partial charge in [-0.05, 0) is 37.0 Å². The Kier molecular flexibility index (Phi) is 6.64. The van der Waals surface area contributed by atoms with Crippen LogP contribution in [0, 0.1) is 0 Å². The van der Waals surface area contributed by atoms with Crippen molar-refractivity contribution in [2.75, 3.05) is 7.11 Å². The monoisotopic (exact) mass is 364 g/mol. The molecule has 1 amide bonds. The zero-order chi connectivity index (χ0) is 19.1. The summed E-state index contributed by atoms with van der Waals surface area (Å²) in [5.74, 6) is 0.942. The molecule has 0 saturated carbocycles. The lowest BCUT2D eigenvalue weighted by atomic mass is 10.0. The predicted octanol–water partition coefficient (Wildman–Crippen LogP) is 4.82. The molecule has 2 aromatic rings. The van der Waals surface area contributed by atoms with E-state index in [0.717, 1.165) is 49.1 Å². The lowest BCUT2D eigenvalue weighted by Crippen LogP contribution is -2.32. The number of aryl methyl sites for hydroxylation is 1. The van der Waals surface area contributed by atoms with Crippen molar-refractivity contribution in [3.05, 3.63) is 65.7 Å². The van der Waals surface area contributed by atoms with Crippen LogP contribution in [0.1, 0.15) is 50.2 Å². The highest BCUT2D eigenvalue weighted by Gasteiger charge is 2.30. The Morgan fingerprint density at radius 1 is 1.19 bits per heavy atom. The molecule has 0 radical (unpaired) electrons. The van der Waals surface area contributed by atoms with Crippen molar-refractivity contribution < 1.29 is 9.53 Å². The number of hydrogen-bond donors (Lipinski definition) is 0. The van der Waals surface area contributed by atoms with Crippen LogP contribution in [0.15, 0.2) is 59.7 Å². The molecule has 2 aromatic carbocycles. The summed E-state index contributed by atoms with van der Waals surface area (Å²) in [6, 6.07) is 18.4. The fraction of sp³-hybridized carbons (Fsp3) is 0.391. The van der Waals surface area contributed by atoms with Gasteiger partial charge in [0.2, 0.25) is 5.91 Å². The number of rotatable bonds is 8. The first-order valence-corrected chi connectivity index (χ1v) is 9.79. The topological polar surface area (TPSA) is 41.9 Å². The van der Waals surface area contributed by atoms with Gasteiger partial charge in [0.15, 0.2) is 0 Å². The van der Waals surface area contributed by atoms with Crippen molar-refractivity contribution in [2.45, 2.75) is 51.5 Å².